The average molecular weight is 500 g/mol. The van der Waals surface area contributed by atoms with Crippen LogP contribution in [0.4, 0.5) is 0 Å². The van der Waals surface area contributed by atoms with Crippen LogP contribution in [-0.2, 0) is 22.6 Å². The SMILES string of the molecule is CC#N.CCCN(CCc1ccccc1)C(CC)CCc1ccc(C2(Cl)CC2)c(C2(Cl)CC2)c1. The molecular weight excluding hydrogens is 459 g/mol. The number of rotatable bonds is 12. The van der Waals surface area contributed by atoms with Gasteiger partial charge in [0.1, 0.15) is 0 Å². The molecule has 1 unspecified atom stereocenters. The van der Waals surface area contributed by atoms with Crippen LogP contribution in [0, 0.1) is 11.3 Å². The summed E-state index contributed by atoms with van der Waals surface area (Å²) < 4.78 is 0. The number of halogens is 2. The molecule has 0 N–H and O–H groups in total. The summed E-state index contributed by atoms with van der Waals surface area (Å²) in [5.41, 5.74) is 5.48. The normalized spacial score (nSPS) is 17.9. The molecule has 2 aromatic carbocycles. The van der Waals surface area contributed by atoms with Crippen LogP contribution in [0.5, 0.6) is 0 Å². The molecule has 2 aromatic rings. The molecule has 2 aliphatic carbocycles. The first-order valence-electron chi connectivity index (χ1n) is 13.0. The largest absolute Gasteiger partial charge is 0.300 e. The minimum absolute atomic E-state index is 0.139. The summed E-state index contributed by atoms with van der Waals surface area (Å²) in [5, 5.41) is 7.32. The summed E-state index contributed by atoms with van der Waals surface area (Å²) in [6, 6.07) is 20.2. The molecule has 4 heteroatoms. The van der Waals surface area contributed by atoms with E-state index < -0.39 is 0 Å². The molecule has 2 fully saturated rings. The van der Waals surface area contributed by atoms with Crippen molar-refractivity contribution in [3.05, 3.63) is 70.8 Å². The maximum Gasteiger partial charge on any atom is 0.0699 e. The third kappa shape index (κ3) is 7.24. The summed E-state index contributed by atoms with van der Waals surface area (Å²) in [6.07, 6.45) is 10.2. The Bertz CT molecular complexity index is 942. The lowest BCUT2D eigenvalue weighted by atomic mass is 9.93. The van der Waals surface area contributed by atoms with E-state index in [4.69, 9.17) is 28.5 Å². The molecule has 4 rings (SSSR count). The molecule has 0 radical (unpaired) electrons. The Balaban J connectivity index is 0.00000103. The van der Waals surface area contributed by atoms with Crippen LogP contribution in [0.2, 0.25) is 0 Å². The minimum atomic E-state index is -0.149. The summed E-state index contributed by atoms with van der Waals surface area (Å²) in [4.78, 5) is 2.42. The highest BCUT2D eigenvalue weighted by atomic mass is 35.5. The lowest BCUT2D eigenvalue weighted by Gasteiger charge is -2.31. The van der Waals surface area contributed by atoms with Crippen LogP contribution in [0.15, 0.2) is 48.5 Å². The van der Waals surface area contributed by atoms with Gasteiger partial charge in [0.15, 0.2) is 0 Å². The molecular formula is C30H40Cl2N2. The number of aryl methyl sites for hydroxylation is 1. The van der Waals surface area contributed by atoms with Crippen LogP contribution in [0.1, 0.15) is 88.0 Å². The van der Waals surface area contributed by atoms with Crippen molar-refractivity contribution in [1.82, 2.24) is 4.90 Å². The third-order valence-corrected chi connectivity index (χ3v) is 8.39. The quantitative estimate of drug-likeness (QED) is 0.275. The Morgan fingerprint density at radius 3 is 2.06 bits per heavy atom. The van der Waals surface area contributed by atoms with Gasteiger partial charge in [0, 0.05) is 19.5 Å². The number of hydrogen-bond donors (Lipinski definition) is 0. The van der Waals surface area contributed by atoms with Crippen molar-refractivity contribution >= 4 is 23.2 Å². The average Bonchev–Trinajstić information content (AvgIpc) is 3.77. The molecule has 34 heavy (non-hydrogen) atoms. The Morgan fingerprint density at radius 1 is 0.882 bits per heavy atom. The first kappa shape index (κ1) is 27.1. The van der Waals surface area contributed by atoms with E-state index in [0.717, 1.165) is 45.1 Å². The smallest absolute Gasteiger partial charge is 0.0699 e. The van der Waals surface area contributed by atoms with Gasteiger partial charge in [-0.2, -0.15) is 5.26 Å². The van der Waals surface area contributed by atoms with Crippen molar-refractivity contribution in [3.8, 4) is 6.07 Å². The lowest BCUT2D eigenvalue weighted by molar-refractivity contribution is 0.183. The highest BCUT2D eigenvalue weighted by Gasteiger charge is 2.50. The Kier molecular flexibility index (Phi) is 9.90. The molecule has 0 amide bonds. The van der Waals surface area contributed by atoms with Gasteiger partial charge in [-0.3, -0.25) is 0 Å². The molecule has 0 bridgehead atoms. The second-order valence-corrected chi connectivity index (χ2v) is 11.4. The Hall–Kier alpha value is -1.53. The Morgan fingerprint density at radius 2 is 1.50 bits per heavy atom. The van der Waals surface area contributed by atoms with Gasteiger partial charge in [-0.1, -0.05) is 62.4 Å². The predicted molar refractivity (Wildman–Crippen MR) is 146 cm³/mol. The van der Waals surface area contributed by atoms with Crippen molar-refractivity contribution in [1.29, 1.82) is 5.26 Å². The maximum atomic E-state index is 7.32. The van der Waals surface area contributed by atoms with Crippen molar-refractivity contribution in [2.45, 2.75) is 94.3 Å². The van der Waals surface area contributed by atoms with E-state index in [2.05, 4.69) is 67.3 Å². The predicted octanol–water partition coefficient (Wildman–Crippen LogP) is 8.34. The van der Waals surface area contributed by atoms with Gasteiger partial charge < -0.3 is 4.90 Å². The van der Waals surface area contributed by atoms with Crippen molar-refractivity contribution in [2.24, 2.45) is 0 Å². The van der Waals surface area contributed by atoms with Crippen molar-refractivity contribution in [2.75, 3.05) is 13.1 Å². The fourth-order valence-electron chi connectivity index (χ4n) is 4.93. The third-order valence-electron chi connectivity index (χ3n) is 7.22. The van der Waals surface area contributed by atoms with Crippen LogP contribution >= 0.6 is 23.2 Å². The van der Waals surface area contributed by atoms with Gasteiger partial charge in [0.25, 0.3) is 0 Å². The second-order valence-electron chi connectivity index (χ2n) is 9.91. The highest BCUT2D eigenvalue weighted by Crippen LogP contribution is 2.60. The van der Waals surface area contributed by atoms with Crippen molar-refractivity contribution < 1.29 is 0 Å². The number of nitriles is 1. The minimum Gasteiger partial charge on any atom is -0.300 e. The fourth-order valence-corrected chi connectivity index (χ4v) is 5.44. The molecule has 0 aliphatic heterocycles. The first-order chi connectivity index (χ1) is 16.4. The molecule has 0 spiro atoms. The van der Waals surface area contributed by atoms with Crippen LogP contribution in [0.25, 0.3) is 0 Å². The van der Waals surface area contributed by atoms with E-state index in [1.165, 1.54) is 55.0 Å². The van der Waals surface area contributed by atoms with E-state index in [0.29, 0.717) is 6.04 Å². The standard InChI is InChI=1S/C28H37Cl2N.C2H3N/c1-3-19-31(20-14-22-8-6-5-7-9-22)24(4-2)12-10-23-11-13-25(27(29)15-16-27)26(21-23)28(30)17-18-28;1-2-3/h5-9,11,13,21,24H,3-4,10,12,14-20H2,1-2H3;1H3. The fraction of sp³-hybridized carbons (Fsp3) is 0.567. The molecule has 2 saturated carbocycles. The van der Waals surface area contributed by atoms with Crippen molar-refractivity contribution in [3.63, 3.8) is 0 Å². The molecule has 1 atom stereocenters. The molecule has 0 aromatic heterocycles. The van der Waals surface area contributed by atoms with E-state index in [9.17, 15) is 0 Å². The van der Waals surface area contributed by atoms with E-state index >= 15 is 0 Å². The van der Waals surface area contributed by atoms with Gasteiger partial charge >= 0.3 is 0 Å². The Labute approximate surface area is 217 Å². The van der Waals surface area contributed by atoms with Crippen LogP contribution in [-0.4, -0.2) is 24.0 Å². The van der Waals surface area contributed by atoms with E-state index in [1.54, 1.807) is 6.07 Å². The summed E-state index contributed by atoms with van der Waals surface area (Å²) in [5.74, 6) is 0. The second kappa shape index (κ2) is 12.4. The zero-order valence-electron chi connectivity index (χ0n) is 21.1. The van der Waals surface area contributed by atoms with E-state index in [1.807, 2.05) is 0 Å². The zero-order valence-corrected chi connectivity index (χ0v) is 22.6. The van der Waals surface area contributed by atoms with E-state index in [-0.39, 0.29) is 9.75 Å². The van der Waals surface area contributed by atoms with Crippen LogP contribution in [0.3, 0.4) is 0 Å². The molecule has 2 aliphatic rings. The topological polar surface area (TPSA) is 27.0 Å². The number of nitrogens with zero attached hydrogens (tertiary/aromatic N) is 2. The maximum absolute atomic E-state index is 7.32. The molecule has 2 nitrogen and oxygen atoms in total. The lowest BCUT2D eigenvalue weighted by Crippen LogP contribution is -2.37. The summed E-state index contributed by atoms with van der Waals surface area (Å²) in [6.45, 7) is 8.38. The monoisotopic (exact) mass is 498 g/mol. The molecule has 184 valence electrons. The number of alkyl halides is 2. The van der Waals surface area contributed by atoms with Gasteiger partial charge in [-0.15, -0.1) is 23.2 Å². The number of benzene rings is 2. The summed E-state index contributed by atoms with van der Waals surface area (Å²) >= 11 is 13.7. The molecule has 0 heterocycles. The van der Waals surface area contributed by atoms with Gasteiger partial charge in [-0.25, -0.2) is 0 Å². The highest BCUT2D eigenvalue weighted by molar-refractivity contribution is 6.28. The molecule has 0 saturated heterocycles. The summed E-state index contributed by atoms with van der Waals surface area (Å²) in [7, 11) is 0. The first-order valence-corrected chi connectivity index (χ1v) is 13.7. The van der Waals surface area contributed by atoms with Gasteiger partial charge in [0.05, 0.1) is 15.8 Å². The zero-order chi connectivity index (χ0) is 24.6. The number of hydrogen-bond acceptors (Lipinski definition) is 2. The van der Waals surface area contributed by atoms with Gasteiger partial charge in [-0.05, 0) is 86.6 Å². The van der Waals surface area contributed by atoms with Crippen LogP contribution < -0.4 is 0 Å². The van der Waals surface area contributed by atoms with Gasteiger partial charge in [0.2, 0.25) is 0 Å².